The van der Waals surface area contributed by atoms with Gasteiger partial charge in [0.05, 0.1) is 86.6 Å². The van der Waals surface area contributed by atoms with Crippen LogP contribution < -0.4 is 28.7 Å². The van der Waals surface area contributed by atoms with Gasteiger partial charge in [-0.05, 0) is 202 Å². The Labute approximate surface area is 750 Å². The first-order valence-corrected chi connectivity index (χ1v) is 47.7. The zero-order valence-corrected chi connectivity index (χ0v) is 73.8. The zero-order valence-electron chi connectivity index (χ0n) is 70.7. The number of anilines is 2. The van der Waals surface area contributed by atoms with Gasteiger partial charge in [-0.25, -0.2) is 40.6 Å². The van der Waals surface area contributed by atoms with E-state index in [-0.39, 0.29) is 65.1 Å². The number of amides is 3. The van der Waals surface area contributed by atoms with Crippen LogP contribution >= 0.6 is 23.2 Å². The number of rotatable bonds is 25. The molecule has 7 fully saturated rings. The Morgan fingerprint density at radius 2 is 1.20 bits per heavy atom. The van der Waals surface area contributed by atoms with Crippen LogP contribution in [0.3, 0.4) is 0 Å². The van der Waals surface area contributed by atoms with E-state index in [1.807, 2.05) is 40.0 Å². The van der Waals surface area contributed by atoms with Gasteiger partial charge in [-0.3, -0.25) is 44.4 Å². The maximum atomic E-state index is 16.3. The Morgan fingerprint density at radius 3 is 1.75 bits per heavy atom. The molecule has 9 aromatic rings. The summed E-state index contributed by atoms with van der Waals surface area (Å²) < 4.78 is 105. The number of sulfonamides is 2. The number of halogens is 3. The zero-order chi connectivity index (χ0) is 88.6. The van der Waals surface area contributed by atoms with Crippen LogP contribution in [0.2, 0.25) is 10.0 Å². The van der Waals surface area contributed by atoms with Crippen molar-refractivity contribution in [2.75, 3.05) is 121 Å². The number of fused-ring (bicyclic) bond motifs is 3. The highest BCUT2D eigenvalue weighted by Gasteiger charge is 2.50. The molecule has 5 aliphatic heterocycles. The van der Waals surface area contributed by atoms with Crippen LogP contribution in [0.1, 0.15) is 134 Å². The maximum absolute atomic E-state index is 16.3. The van der Waals surface area contributed by atoms with Crippen LogP contribution in [0.4, 0.5) is 21.5 Å². The summed E-state index contributed by atoms with van der Waals surface area (Å²) in [5.74, 6) is -4.40. The number of hydrogen-bond acceptors (Lipinski definition) is 22. The molecule has 29 nitrogen and oxygen atoms in total. The Morgan fingerprint density at radius 1 is 0.625 bits per heavy atom. The normalized spacial score (nSPS) is 21.0. The molecule has 9 heterocycles. The third-order valence-corrected chi connectivity index (χ3v) is 30.7. The van der Waals surface area contributed by atoms with Gasteiger partial charge in [-0.15, -0.1) is 0 Å². The number of benzene rings is 5. The van der Waals surface area contributed by atoms with Gasteiger partial charge in [-0.1, -0.05) is 83.6 Å². The van der Waals surface area contributed by atoms with Crippen molar-refractivity contribution in [2.45, 2.75) is 114 Å². The highest BCUT2D eigenvalue weighted by Crippen LogP contribution is 2.57. The fraction of sp³-hybridized carbons (Fsp3) is 0.415. The highest BCUT2D eigenvalue weighted by molar-refractivity contribution is 7.94. The fourth-order valence-electron chi connectivity index (χ4n) is 20.0. The number of aromatic amines is 2. The van der Waals surface area contributed by atoms with Gasteiger partial charge in [-0.2, -0.15) is 0 Å². The molecule has 128 heavy (non-hydrogen) atoms. The van der Waals surface area contributed by atoms with Crippen molar-refractivity contribution < 1.29 is 69.1 Å². The highest BCUT2D eigenvalue weighted by atomic mass is 35.5. The molecule has 2 saturated carbocycles. The summed E-state index contributed by atoms with van der Waals surface area (Å²) in [6.45, 7) is 10.1. The smallest absolute Gasteiger partial charge is 0.273 e. The van der Waals surface area contributed by atoms with E-state index < -0.39 is 80.4 Å². The average Bonchev–Trinajstić information content (AvgIpc) is 1.68. The summed E-state index contributed by atoms with van der Waals surface area (Å²) in [5, 5.41) is 27.4. The van der Waals surface area contributed by atoms with Crippen molar-refractivity contribution in [3.05, 3.63) is 244 Å². The molecule has 5 saturated heterocycles. The van der Waals surface area contributed by atoms with E-state index in [2.05, 4.69) is 63.6 Å². The molecule has 670 valence electrons. The van der Waals surface area contributed by atoms with Gasteiger partial charge in [0.2, 0.25) is 5.91 Å². The van der Waals surface area contributed by atoms with Crippen molar-refractivity contribution in [1.29, 1.82) is 0 Å². The van der Waals surface area contributed by atoms with Crippen LogP contribution in [-0.2, 0) is 45.5 Å². The number of nitro groups is 2. The van der Waals surface area contributed by atoms with E-state index in [0.29, 0.717) is 111 Å². The Kier molecular flexibility index (Phi) is 25.5. The minimum absolute atomic E-state index is 0.0688. The quantitative estimate of drug-likeness (QED) is 0.0305. The molecule has 4 N–H and O–H groups in total. The Hall–Kier alpha value is -10.9. The van der Waals surface area contributed by atoms with E-state index in [4.69, 9.17) is 46.9 Å². The number of carbonyl (C=O) groups is 3. The van der Waals surface area contributed by atoms with Crippen molar-refractivity contribution in [3.8, 4) is 23.0 Å². The van der Waals surface area contributed by atoms with Crippen LogP contribution in [-0.4, -0.2) is 197 Å². The monoisotopic (exact) mass is 1820 g/mol. The number of nitro benzene ring substituents is 1. The number of aromatic nitrogens is 4. The van der Waals surface area contributed by atoms with Gasteiger partial charge in [0.15, 0.2) is 0 Å². The topological polar surface area (TPSA) is 350 Å². The third-order valence-electron chi connectivity index (χ3n) is 27.5. The number of piperazine rings is 2. The molecule has 2 unspecified atom stereocenters. The van der Waals surface area contributed by atoms with E-state index in [1.165, 1.54) is 128 Å². The summed E-state index contributed by atoms with van der Waals surface area (Å²) in [6.07, 6.45) is 25.1. The average molecular weight is 1820 g/mol. The largest absolute Gasteiger partial charge is 0.455 e. The number of aryl methyl sites for hydroxylation is 1. The maximum Gasteiger partial charge on any atom is 0.273 e. The number of hydrogen-bond donors (Lipinski definition) is 4. The first-order valence-electron chi connectivity index (χ1n) is 44.0. The van der Waals surface area contributed by atoms with Crippen molar-refractivity contribution in [3.63, 3.8) is 0 Å². The molecule has 19 rings (SSSR count). The Bertz CT molecular complexity index is 6150. The standard InChI is InChI=1S/C48H52ClN7O8S.C46H48ClFN6O8S/c49-35-4-2-32(3-5-35)41-26-48(12-1-13-48)14-8-34(41)29-53-16-18-54(19-17-53)36-6-7-39(44(23-36)64-37-22-33-9-15-50-45(33)51-27-37)46(57)52-65(61,62)38-24-40-42(43(25-38)56(59)60)30-55(47(40)58)28-31-10-20-63-21-11-31;47-34-6-2-30(3-7-34)39-26-46(12-1-13-46)14-10-33(39)28-52-16-18-53(19-17-52)42-25-43(62-36-22-32-11-15-49-44(32)50-27-36)38(24-40(42)48)45(55)51-63(58,59)37-9-5-31(41(23-37)54(56)57)4-8-35-29-60-20-21-61-35/h2-7,9,15,22-25,27,31,40,42H,1,8,10-14,16-21,26,28-30H2,(H,50,51)(H,52,57);2-3,5-7,9,11,15,22-25,27,35H,1,4,8,10,12-14,16-21,26,28-29H2,(H,49,50)(H,51,55)/t;35-/m.0/s1. The van der Waals surface area contributed by atoms with Crippen LogP contribution in [0.15, 0.2) is 185 Å². The van der Waals surface area contributed by atoms with E-state index in [0.717, 1.165) is 117 Å². The van der Waals surface area contributed by atoms with E-state index >= 15 is 4.39 Å². The van der Waals surface area contributed by atoms with Gasteiger partial charge in [0.25, 0.3) is 43.2 Å². The van der Waals surface area contributed by atoms with Crippen LogP contribution in [0.5, 0.6) is 23.0 Å². The molecule has 3 amide bonds. The van der Waals surface area contributed by atoms with Crippen LogP contribution in [0, 0.1) is 54.6 Å². The second kappa shape index (κ2) is 37.3. The molecule has 3 atom stereocenters. The molecule has 0 bridgehead atoms. The molecular formula is C94H100Cl2FN13O16S2. The lowest BCUT2D eigenvalue weighted by atomic mass is 9.59. The predicted molar refractivity (Wildman–Crippen MR) is 483 cm³/mol. The number of ether oxygens (including phenoxy) is 5. The van der Waals surface area contributed by atoms with Gasteiger partial charge >= 0.3 is 0 Å². The number of H-pyrrole nitrogens is 2. The minimum atomic E-state index is -4.70. The summed E-state index contributed by atoms with van der Waals surface area (Å²) in [4.78, 5) is 89.2. The molecule has 34 heteroatoms. The molecule has 2 spiro atoms. The second-order valence-electron chi connectivity index (χ2n) is 35.5. The van der Waals surface area contributed by atoms with Crippen molar-refractivity contribution in [2.24, 2.45) is 28.6 Å². The number of likely N-dealkylation sites (tertiary alicyclic amines) is 1. The molecule has 5 aromatic carbocycles. The Balaban J connectivity index is 0.000000173. The minimum Gasteiger partial charge on any atom is -0.455 e. The van der Waals surface area contributed by atoms with Crippen molar-refractivity contribution in [1.82, 2.24) is 44.1 Å². The lowest BCUT2D eigenvalue weighted by molar-refractivity contribution is -0.434. The van der Waals surface area contributed by atoms with Gasteiger partial charge in [0, 0.05) is 160 Å². The lowest BCUT2D eigenvalue weighted by Gasteiger charge is -2.47. The summed E-state index contributed by atoms with van der Waals surface area (Å²) in [6, 6.07) is 34.4. The summed E-state index contributed by atoms with van der Waals surface area (Å²) in [5.41, 5.74) is 10.4. The summed E-state index contributed by atoms with van der Waals surface area (Å²) in [7, 11) is -9.38. The first-order chi connectivity index (χ1) is 61.8. The number of pyridine rings is 2. The first kappa shape index (κ1) is 87.7. The molecule has 4 aromatic heterocycles. The second-order valence-corrected chi connectivity index (χ2v) is 39.7. The number of nitrogens with one attached hydrogen (secondary N) is 4. The summed E-state index contributed by atoms with van der Waals surface area (Å²) >= 11 is 12.5. The van der Waals surface area contributed by atoms with Gasteiger partial charge in [0.1, 0.15) is 40.1 Å². The van der Waals surface area contributed by atoms with Crippen LogP contribution in [0.25, 0.3) is 33.2 Å². The molecule has 0 radical (unpaired) electrons. The third kappa shape index (κ3) is 19.4. The van der Waals surface area contributed by atoms with Gasteiger partial charge < -0.3 is 48.4 Å². The van der Waals surface area contributed by atoms with E-state index in [1.54, 1.807) is 47.6 Å². The van der Waals surface area contributed by atoms with Crippen molar-refractivity contribution >= 4 is 111 Å². The number of carbonyl (C=O) groups excluding carboxylic acids is 3. The predicted octanol–water partition coefficient (Wildman–Crippen LogP) is 16.0. The lowest BCUT2D eigenvalue weighted by Crippen LogP contribution is -2.47. The molecular weight excluding hydrogens is 1720 g/mol. The molecule has 5 aliphatic carbocycles. The number of nitrogens with zero attached hydrogens (tertiary/aromatic N) is 9. The fourth-order valence-corrected chi connectivity index (χ4v) is 22.3. The SMILES string of the molecule is O=C(NS(=O)(=O)C1=CC2C(=O)N(CC3CCOCC3)CC2C([N+](=O)[O-])=C1)c1ccc(N2CCN(CC3=C(c4ccc(Cl)cc4)CC4(CCC4)CC3)CC2)cc1Oc1cnc2[nH]ccc2c1.O=C(NS(=O)(=O)c1ccc(CC[C@H]2COCCO2)c([N+](=O)[O-])c1)c1cc(F)c(N2CCN(CC3=C(c4ccc(Cl)cc4)CC4(CCC4)CC3)CC2)cc1Oc1cnc2[nH]ccc2c1. The number of allylic oxidation sites excluding steroid dienone is 3. The van der Waals surface area contributed by atoms with E-state index in [9.17, 15) is 51.4 Å². The molecule has 10 aliphatic rings.